The van der Waals surface area contributed by atoms with E-state index in [-0.39, 0.29) is 17.9 Å². The summed E-state index contributed by atoms with van der Waals surface area (Å²) in [5.41, 5.74) is 2.31. The molecule has 0 bridgehead atoms. The maximum absolute atomic E-state index is 12.5. The molecule has 5 heteroatoms. The number of carbonyl (C=O) groups excluding carboxylic acids is 1. The van der Waals surface area contributed by atoms with Crippen LogP contribution in [0, 0.1) is 0 Å². The highest BCUT2D eigenvalue weighted by molar-refractivity contribution is 5.94. The van der Waals surface area contributed by atoms with Crippen LogP contribution < -0.4 is 10.2 Å². The Balaban J connectivity index is 1.36. The Hall–Kier alpha value is -1.59. The van der Waals surface area contributed by atoms with E-state index in [2.05, 4.69) is 11.4 Å². The molecule has 22 heavy (non-hydrogen) atoms. The van der Waals surface area contributed by atoms with E-state index in [9.17, 15) is 4.79 Å². The first-order chi connectivity index (χ1) is 10.8. The molecule has 0 unspecified atom stereocenters. The predicted molar refractivity (Wildman–Crippen MR) is 82.9 cm³/mol. The van der Waals surface area contributed by atoms with Crippen molar-refractivity contribution in [2.45, 2.75) is 43.9 Å². The molecule has 1 N–H and O–H groups in total. The molecule has 1 saturated carbocycles. The highest BCUT2D eigenvalue weighted by atomic mass is 16.7. The number of benzene rings is 1. The van der Waals surface area contributed by atoms with Crippen molar-refractivity contribution < 1.29 is 14.3 Å². The van der Waals surface area contributed by atoms with E-state index >= 15 is 0 Å². The fourth-order valence-electron chi connectivity index (χ4n) is 3.79. The maximum Gasteiger partial charge on any atom is 0.322 e. The average molecular weight is 302 g/mol. The Morgan fingerprint density at radius 3 is 2.68 bits per heavy atom. The van der Waals surface area contributed by atoms with Gasteiger partial charge in [0.05, 0.1) is 13.2 Å². The lowest BCUT2D eigenvalue weighted by atomic mass is 9.90. The fraction of sp³-hybridized carbons (Fsp3) is 0.588. The zero-order valence-corrected chi connectivity index (χ0v) is 12.7. The van der Waals surface area contributed by atoms with Crippen molar-refractivity contribution in [3.05, 3.63) is 29.8 Å². The second kappa shape index (κ2) is 5.56. The quantitative estimate of drug-likeness (QED) is 0.867. The van der Waals surface area contributed by atoms with Crippen molar-refractivity contribution in [3.8, 4) is 0 Å². The number of fused-ring (bicyclic) bond motifs is 1. The highest BCUT2D eigenvalue weighted by Gasteiger charge is 2.41. The van der Waals surface area contributed by atoms with Crippen LogP contribution in [-0.2, 0) is 15.9 Å². The van der Waals surface area contributed by atoms with Gasteiger partial charge in [-0.2, -0.15) is 0 Å². The van der Waals surface area contributed by atoms with E-state index in [0.29, 0.717) is 13.2 Å². The van der Waals surface area contributed by atoms with Crippen LogP contribution in [0.2, 0.25) is 0 Å². The molecule has 1 aromatic rings. The van der Waals surface area contributed by atoms with Crippen LogP contribution in [-0.4, -0.2) is 37.6 Å². The minimum Gasteiger partial charge on any atom is -0.348 e. The van der Waals surface area contributed by atoms with Crippen LogP contribution in [0.5, 0.6) is 0 Å². The van der Waals surface area contributed by atoms with Gasteiger partial charge in [-0.25, -0.2) is 4.79 Å². The number of urea groups is 1. The van der Waals surface area contributed by atoms with Gasteiger partial charge < -0.3 is 14.8 Å². The predicted octanol–water partition coefficient (Wildman–Crippen LogP) is 2.44. The van der Waals surface area contributed by atoms with E-state index < -0.39 is 0 Å². The summed E-state index contributed by atoms with van der Waals surface area (Å²) in [5, 5.41) is 3.18. The van der Waals surface area contributed by atoms with Crippen molar-refractivity contribution in [2.24, 2.45) is 0 Å². The molecule has 2 fully saturated rings. The summed E-state index contributed by atoms with van der Waals surface area (Å²) in [6.07, 6.45) is 4.52. The van der Waals surface area contributed by atoms with Crippen molar-refractivity contribution in [2.75, 3.05) is 24.7 Å². The van der Waals surface area contributed by atoms with Crippen LogP contribution in [0.25, 0.3) is 0 Å². The lowest BCUT2D eigenvalue weighted by Gasteiger charge is -2.36. The van der Waals surface area contributed by atoms with Crippen molar-refractivity contribution in [1.82, 2.24) is 5.32 Å². The molecule has 5 nitrogen and oxygen atoms in total. The molecule has 2 heterocycles. The molecule has 0 aromatic heterocycles. The Kier molecular flexibility index (Phi) is 3.54. The molecule has 3 aliphatic rings. The summed E-state index contributed by atoms with van der Waals surface area (Å²) in [6.45, 7) is 2.16. The zero-order chi connectivity index (χ0) is 15.0. The zero-order valence-electron chi connectivity index (χ0n) is 12.7. The second-order valence-corrected chi connectivity index (χ2v) is 6.36. The second-order valence-electron chi connectivity index (χ2n) is 6.36. The van der Waals surface area contributed by atoms with Gasteiger partial charge in [-0.15, -0.1) is 0 Å². The lowest BCUT2D eigenvalue weighted by Crippen LogP contribution is -2.48. The molecule has 1 aliphatic carbocycles. The first kappa shape index (κ1) is 14.0. The number of anilines is 1. The van der Waals surface area contributed by atoms with Crippen LogP contribution in [0.4, 0.5) is 10.5 Å². The van der Waals surface area contributed by atoms with Crippen molar-refractivity contribution in [3.63, 3.8) is 0 Å². The van der Waals surface area contributed by atoms with E-state index in [1.807, 2.05) is 23.1 Å². The van der Waals surface area contributed by atoms with Crippen LogP contribution in [0.15, 0.2) is 24.3 Å². The Labute approximate surface area is 130 Å². The largest absolute Gasteiger partial charge is 0.348 e. The van der Waals surface area contributed by atoms with Gasteiger partial charge in [-0.1, -0.05) is 18.2 Å². The molecule has 2 aliphatic heterocycles. The van der Waals surface area contributed by atoms with Crippen molar-refractivity contribution in [1.29, 1.82) is 0 Å². The molecular formula is C17H22N2O3. The number of nitrogens with zero attached hydrogens (tertiary/aromatic N) is 1. The lowest BCUT2D eigenvalue weighted by molar-refractivity contribution is -0.179. The molecule has 2 amide bonds. The number of ether oxygens (including phenoxy) is 2. The summed E-state index contributed by atoms with van der Waals surface area (Å²) in [4.78, 5) is 14.4. The molecule has 118 valence electrons. The first-order valence-electron chi connectivity index (χ1n) is 8.20. The summed E-state index contributed by atoms with van der Waals surface area (Å²) < 4.78 is 11.5. The van der Waals surface area contributed by atoms with Crippen LogP contribution in [0.1, 0.15) is 31.2 Å². The van der Waals surface area contributed by atoms with E-state index in [1.165, 1.54) is 5.56 Å². The van der Waals surface area contributed by atoms with Gasteiger partial charge in [0.1, 0.15) is 0 Å². The standard InChI is InChI=1S/C17H22N2O3/c20-16(19-10-7-13-3-1-2-4-15(13)19)18-14-5-8-17(9-6-14)21-11-12-22-17/h1-4,14H,5-12H2,(H,18,20). The number of nitrogens with one attached hydrogen (secondary N) is 1. The smallest absolute Gasteiger partial charge is 0.322 e. The average Bonchev–Trinajstić information content (AvgIpc) is 3.17. The van der Waals surface area contributed by atoms with Gasteiger partial charge >= 0.3 is 6.03 Å². The van der Waals surface area contributed by atoms with E-state index in [1.54, 1.807) is 0 Å². The summed E-state index contributed by atoms with van der Waals surface area (Å²) in [5.74, 6) is -0.360. The number of hydrogen-bond acceptors (Lipinski definition) is 3. The number of hydrogen-bond donors (Lipinski definition) is 1. The van der Waals surface area contributed by atoms with E-state index in [4.69, 9.17) is 9.47 Å². The molecular weight excluding hydrogens is 280 g/mol. The number of amides is 2. The highest BCUT2D eigenvalue weighted by Crippen LogP contribution is 2.36. The topological polar surface area (TPSA) is 50.8 Å². The number of carbonyl (C=O) groups is 1. The fourth-order valence-corrected chi connectivity index (χ4v) is 3.79. The molecule has 4 rings (SSSR count). The molecule has 0 atom stereocenters. The van der Waals surface area contributed by atoms with Crippen LogP contribution >= 0.6 is 0 Å². The molecule has 1 spiro atoms. The normalized spacial score (nSPS) is 23.7. The van der Waals surface area contributed by atoms with Gasteiger partial charge in [0, 0.05) is 31.1 Å². The monoisotopic (exact) mass is 302 g/mol. The van der Waals surface area contributed by atoms with Gasteiger partial charge in [0.25, 0.3) is 0 Å². The van der Waals surface area contributed by atoms with Gasteiger partial charge in [-0.3, -0.25) is 4.90 Å². The first-order valence-corrected chi connectivity index (χ1v) is 8.20. The summed E-state index contributed by atoms with van der Waals surface area (Å²) in [7, 11) is 0. The Morgan fingerprint density at radius 1 is 1.18 bits per heavy atom. The third-order valence-corrected chi connectivity index (χ3v) is 5.02. The molecule has 1 aromatic carbocycles. The van der Waals surface area contributed by atoms with Gasteiger partial charge in [0.2, 0.25) is 0 Å². The third-order valence-electron chi connectivity index (χ3n) is 5.02. The van der Waals surface area contributed by atoms with Gasteiger partial charge in [-0.05, 0) is 30.9 Å². The maximum atomic E-state index is 12.5. The molecule has 1 saturated heterocycles. The SMILES string of the molecule is O=C(NC1CCC2(CC1)OCCO2)N1CCc2ccccc21. The summed E-state index contributed by atoms with van der Waals surface area (Å²) in [6, 6.07) is 8.39. The third kappa shape index (κ3) is 2.48. The van der Waals surface area contributed by atoms with Crippen LogP contribution in [0.3, 0.4) is 0 Å². The number of para-hydroxylation sites is 1. The molecule has 0 radical (unpaired) electrons. The van der Waals surface area contributed by atoms with E-state index in [0.717, 1.165) is 44.3 Å². The Bertz CT molecular complexity index is 559. The summed E-state index contributed by atoms with van der Waals surface area (Å²) >= 11 is 0. The van der Waals surface area contributed by atoms with Gasteiger partial charge in [0.15, 0.2) is 5.79 Å². The minimum absolute atomic E-state index is 0.0270. The Morgan fingerprint density at radius 2 is 1.91 bits per heavy atom. The van der Waals surface area contributed by atoms with Crippen molar-refractivity contribution >= 4 is 11.7 Å². The number of rotatable bonds is 1. The minimum atomic E-state index is -0.360.